The molecule has 4 nitrogen and oxygen atoms in total. The van der Waals surface area contributed by atoms with E-state index >= 15 is 0 Å². The van der Waals surface area contributed by atoms with E-state index in [0.29, 0.717) is 11.9 Å². The minimum absolute atomic E-state index is 0.384. The van der Waals surface area contributed by atoms with Crippen LogP contribution in [0, 0.1) is 0 Å². The zero-order valence-electron chi connectivity index (χ0n) is 11.5. The summed E-state index contributed by atoms with van der Waals surface area (Å²) in [4.78, 5) is 0. The lowest BCUT2D eigenvalue weighted by Crippen LogP contribution is -1.98. The Labute approximate surface area is 122 Å². The van der Waals surface area contributed by atoms with E-state index in [-0.39, 0.29) is 0 Å². The third-order valence-corrected chi connectivity index (χ3v) is 3.65. The molecule has 2 aromatic carbocycles. The van der Waals surface area contributed by atoms with E-state index in [0.717, 1.165) is 40.6 Å². The molecule has 1 saturated carbocycles. The maximum absolute atomic E-state index is 5.91. The first-order chi connectivity index (χ1) is 10.3. The van der Waals surface area contributed by atoms with Crippen molar-refractivity contribution in [2.45, 2.75) is 18.9 Å². The average Bonchev–Trinajstić information content (AvgIpc) is 3.32. The monoisotopic (exact) mass is 277 g/mol. The number of anilines is 1. The molecule has 1 aliphatic rings. The van der Waals surface area contributed by atoms with Gasteiger partial charge >= 0.3 is 0 Å². The Bertz CT molecular complexity index is 812. The van der Waals surface area contributed by atoms with E-state index < -0.39 is 0 Å². The third-order valence-electron chi connectivity index (χ3n) is 3.65. The smallest absolute Gasteiger partial charge is 0.154 e. The number of ether oxygens (including phenoxy) is 1. The summed E-state index contributed by atoms with van der Waals surface area (Å²) in [6, 6.07) is 15.9. The molecular formula is C17H15N3O. The van der Waals surface area contributed by atoms with Gasteiger partial charge in [0.25, 0.3) is 0 Å². The molecule has 1 heterocycles. The Hall–Kier alpha value is -2.62. The predicted octanol–water partition coefficient (Wildman–Crippen LogP) is 3.42. The summed E-state index contributed by atoms with van der Waals surface area (Å²) >= 11 is 0. The number of aromatic nitrogens is 2. The van der Waals surface area contributed by atoms with E-state index in [9.17, 15) is 0 Å². The Balaban J connectivity index is 1.84. The lowest BCUT2D eigenvalue weighted by atomic mass is 10.0. The molecule has 1 aromatic heterocycles. The summed E-state index contributed by atoms with van der Waals surface area (Å²) in [5, 5.41) is 10.3. The minimum Gasteiger partial charge on any atom is -0.490 e. The molecule has 4 rings (SSSR count). The normalized spacial score (nSPS) is 14.3. The molecule has 0 bridgehead atoms. The first-order valence-electron chi connectivity index (χ1n) is 7.09. The van der Waals surface area contributed by atoms with E-state index in [2.05, 4.69) is 10.2 Å². The molecule has 0 aliphatic heterocycles. The highest BCUT2D eigenvalue weighted by atomic mass is 16.5. The van der Waals surface area contributed by atoms with Crippen LogP contribution in [0.15, 0.2) is 48.5 Å². The van der Waals surface area contributed by atoms with Crippen molar-refractivity contribution in [2.75, 3.05) is 5.73 Å². The van der Waals surface area contributed by atoms with Crippen molar-refractivity contribution in [1.29, 1.82) is 0 Å². The quantitative estimate of drug-likeness (QED) is 0.796. The van der Waals surface area contributed by atoms with Crippen molar-refractivity contribution < 1.29 is 4.74 Å². The standard InChI is InChI=1S/C17H15N3O/c18-17-15-7-2-1-6-14(15)16(19-20-17)11-4-3-5-13(10-11)21-12-8-9-12/h1-7,10,12H,8-9H2,(H2,18,20). The van der Waals surface area contributed by atoms with Crippen LogP contribution in [0.3, 0.4) is 0 Å². The highest BCUT2D eigenvalue weighted by Crippen LogP contribution is 2.32. The number of nitrogens with two attached hydrogens (primary N) is 1. The molecular weight excluding hydrogens is 262 g/mol. The number of hydrogen-bond donors (Lipinski definition) is 1. The number of hydrogen-bond acceptors (Lipinski definition) is 4. The van der Waals surface area contributed by atoms with Crippen LogP contribution in [-0.2, 0) is 0 Å². The molecule has 0 spiro atoms. The highest BCUT2D eigenvalue weighted by Gasteiger charge is 2.23. The van der Waals surface area contributed by atoms with Crippen LogP contribution in [0.2, 0.25) is 0 Å². The summed E-state index contributed by atoms with van der Waals surface area (Å²) in [6.07, 6.45) is 2.68. The molecule has 1 fully saturated rings. The van der Waals surface area contributed by atoms with Crippen LogP contribution in [-0.4, -0.2) is 16.3 Å². The number of fused-ring (bicyclic) bond motifs is 1. The Morgan fingerprint density at radius 2 is 1.76 bits per heavy atom. The fourth-order valence-electron chi connectivity index (χ4n) is 2.43. The van der Waals surface area contributed by atoms with Crippen molar-refractivity contribution >= 4 is 16.6 Å². The van der Waals surface area contributed by atoms with Gasteiger partial charge in [-0.25, -0.2) is 0 Å². The zero-order valence-corrected chi connectivity index (χ0v) is 11.5. The molecule has 104 valence electrons. The van der Waals surface area contributed by atoms with Crippen LogP contribution in [0.25, 0.3) is 22.0 Å². The van der Waals surface area contributed by atoms with Crippen LogP contribution in [0.5, 0.6) is 5.75 Å². The lowest BCUT2D eigenvalue weighted by molar-refractivity contribution is 0.303. The van der Waals surface area contributed by atoms with Crippen LogP contribution < -0.4 is 10.5 Å². The summed E-state index contributed by atoms with van der Waals surface area (Å²) in [5.74, 6) is 1.34. The lowest BCUT2D eigenvalue weighted by Gasteiger charge is -2.09. The van der Waals surface area contributed by atoms with Gasteiger partial charge in [-0.05, 0) is 25.0 Å². The summed E-state index contributed by atoms with van der Waals surface area (Å²) in [6.45, 7) is 0. The fraction of sp³-hybridized carbons (Fsp3) is 0.176. The van der Waals surface area contributed by atoms with E-state index in [1.165, 1.54) is 0 Å². The maximum atomic E-state index is 5.91. The predicted molar refractivity (Wildman–Crippen MR) is 83.0 cm³/mol. The molecule has 0 atom stereocenters. The fourth-order valence-corrected chi connectivity index (χ4v) is 2.43. The van der Waals surface area contributed by atoms with Crippen molar-refractivity contribution in [1.82, 2.24) is 10.2 Å². The van der Waals surface area contributed by atoms with E-state index in [4.69, 9.17) is 10.5 Å². The molecule has 0 amide bonds. The van der Waals surface area contributed by atoms with Gasteiger partial charge in [-0.3, -0.25) is 0 Å². The number of rotatable bonds is 3. The largest absolute Gasteiger partial charge is 0.490 e. The highest BCUT2D eigenvalue weighted by molar-refractivity contribution is 5.99. The minimum atomic E-state index is 0.384. The second-order valence-electron chi connectivity index (χ2n) is 5.32. The topological polar surface area (TPSA) is 61.0 Å². The molecule has 2 N–H and O–H groups in total. The van der Waals surface area contributed by atoms with E-state index in [1.807, 2.05) is 48.5 Å². The van der Waals surface area contributed by atoms with E-state index in [1.54, 1.807) is 0 Å². The molecule has 3 aromatic rings. The molecule has 0 unspecified atom stereocenters. The van der Waals surface area contributed by atoms with Crippen molar-refractivity contribution in [2.24, 2.45) is 0 Å². The Morgan fingerprint density at radius 1 is 0.952 bits per heavy atom. The average molecular weight is 277 g/mol. The number of benzene rings is 2. The second kappa shape index (κ2) is 4.74. The first-order valence-corrected chi connectivity index (χ1v) is 7.09. The zero-order chi connectivity index (χ0) is 14.2. The van der Waals surface area contributed by atoms with Gasteiger partial charge < -0.3 is 10.5 Å². The van der Waals surface area contributed by atoms with Crippen molar-refractivity contribution in [3.05, 3.63) is 48.5 Å². The van der Waals surface area contributed by atoms with Crippen LogP contribution in [0.1, 0.15) is 12.8 Å². The maximum Gasteiger partial charge on any atom is 0.154 e. The molecule has 21 heavy (non-hydrogen) atoms. The van der Waals surface area contributed by atoms with Gasteiger partial charge in [-0.15, -0.1) is 10.2 Å². The summed E-state index contributed by atoms with van der Waals surface area (Å²) in [7, 11) is 0. The van der Waals surface area contributed by atoms with Crippen molar-refractivity contribution in [3.8, 4) is 17.0 Å². The van der Waals surface area contributed by atoms with Gasteiger partial charge in [0.1, 0.15) is 11.4 Å². The molecule has 4 heteroatoms. The summed E-state index contributed by atoms with van der Waals surface area (Å²) in [5.41, 5.74) is 7.74. The second-order valence-corrected chi connectivity index (χ2v) is 5.32. The first kappa shape index (κ1) is 12.1. The Morgan fingerprint density at radius 3 is 2.57 bits per heavy atom. The van der Waals surface area contributed by atoms with Gasteiger partial charge in [0.05, 0.1) is 6.10 Å². The molecule has 0 radical (unpaired) electrons. The van der Waals surface area contributed by atoms with Gasteiger partial charge in [-0.1, -0.05) is 36.4 Å². The van der Waals surface area contributed by atoms with Crippen molar-refractivity contribution in [3.63, 3.8) is 0 Å². The van der Waals surface area contributed by atoms with Gasteiger partial charge in [0, 0.05) is 16.3 Å². The Kier molecular flexibility index (Phi) is 2.74. The number of nitrogens with zero attached hydrogens (tertiary/aromatic N) is 2. The van der Waals surface area contributed by atoms with Gasteiger partial charge in [0.15, 0.2) is 5.82 Å². The van der Waals surface area contributed by atoms with Crippen LogP contribution in [0.4, 0.5) is 5.82 Å². The SMILES string of the molecule is Nc1nnc(-c2cccc(OC3CC3)c2)c2ccccc12. The third kappa shape index (κ3) is 2.29. The summed E-state index contributed by atoms with van der Waals surface area (Å²) < 4.78 is 5.85. The van der Waals surface area contributed by atoms with Gasteiger partial charge in [-0.2, -0.15) is 0 Å². The molecule has 1 aliphatic carbocycles. The van der Waals surface area contributed by atoms with Crippen LogP contribution >= 0.6 is 0 Å². The van der Waals surface area contributed by atoms with Gasteiger partial charge in [0.2, 0.25) is 0 Å². The molecule has 0 saturated heterocycles. The number of nitrogen functional groups attached to an aromatic ring is 1.